The van der Waals surface area contributed by atoms with Crippen molar-refractivity contribution in [2.45, 2.75) is 26.7 Å². The number of carbonyl (C=O) groups is 1. The summed E-state index contributed by atoms with van der Waals surface area (Å²) in [5.74, 6) is -0.187. The summed E-state index contributed by atoms with van der Waals surface area (Å²) in [5, 5.41) is 3.00. The van der Waals surface area contributed by atoms with Crippen molar-refractivity contribution in [2.75, 3.05) is 60.0 Å². The zero-order valence-corrected chi connectivity index (χ0v) is 19.9. The summed E-state index contributed by atoms with van der Waals surface area (Å²) in [6, 6.07) is 11.3. The second kappa shape index (κ2) is 9.11. The maximum Gasteiger partial charge on any atom is 0.255 e. The Balaban J connectivity index is 1.47. The third-order valence-electron chi connectivity index (χ3n) is 6.43. The molecule has 2 aliphatic rings. The minimum atomic E-state index is -3.32. The van der Waals surface area contributed by atoms with Crippen LogP contribution in [0.2, 0.25) is 0 Å². The van der Waals surface area contributed by atoms with Gasteiger partial charge in [0.05, 0.1) is 11.9 Å². The van der Waals surface area contributed by atoms with Crippen LogP contribution < -0.4 is 14.5 Å². The van der Waals surface area contributed by atoms with Gasteiger partial charge in [0, 0.05) is 49.7 Å². The van der Waals surface area contributed by atoms with Crippen LogP contribution in [-0.2, 0) is 16.4 Å². The van der Waals surface area contributed by atoms with Crippen molar-refractivity contribution >= 4 is 33.0 Å². The summed E-state index contributed by atoms with van der Waals surface area (Å²) < 4.78 is 25.5. The van der Waals surface area contributed by atoms with Crippen molar-refractivity contribution in [1.29, 1.82) is 0 Å². The molecule has 0 bridgehead atoms. The van der Waals surface area contributed by atoms with E-state index in [-0.39, 0.29) is 5.91 Å². The Morgan fingerprint density at radius 2 is 1.72 bits per heavy atom. The molecule has 1 N–H and O–H groups in total. The quantitative estimate of drug-likeness (QED) is 0.749. The van der Waals surface area contributed by atoms with Crippen LogP contribution >= 0.6 is 0 Å². The fraction of sp³-hybridized carbons (Fsp3) is 0.458. The van der Waals surface area contributed by atoms with Crippen molar-refractivity contribution in [2.24, 2.45) is 0 Å². The third kappa shape index (κ3) is 4.76. The number of rotatable bonds is 5. The zero-order valence-electron chi connectivity index (χ0n) is 19.1. The number of amides is 1. The molecule has 0 aliphatic carbocycles. The first-order valence-electron chi connectivity index (χ1n) is 11.3. The molecule has 0 spiro atoms. The van der Waals surface area contributed by atoms with Gasteiger partial charge in [-0.1, -0.05) is 6.92 Å². The maximum atomic E-state index is 12.9. The van der Waals surface area contributed by atoms with Crippen LogP contribution in [0.1, 0.15) is 34.8 Å². The van der Waals surface area contributed by atoms with Gasteiger partial charge in [-0.3, -0.25) is 9.10 Å². The fourth-order valence-corrected chi connectivity index (χ4v) is 5.64. The number of piperazine rings is 1. The van der Waals surface area contributed by atoms with Gasteiger partial charge in [-0.25, -0.2) is 8.42 Å². The van der Waals surface area contributed by atoms with Crippen LogP contribution in [0.5, 0.6) is 0 Å². The number of fused-ring (bicyclic) bond motifs is 1. The Labute approximate surface area is 191 Å². The number of nitrogens with zero attached hydrogens (tertiary/aromatic N) is 3. The molecule has 0 unspecified atom stereocenters. The molecule has 1 fully saturated rings. The molecule has 32 heavy (non-hydrogen) atoms. The monoisotopic (exact) mass is 456 g/mol. The van der Waals surface area contributed by atoms with Crippen molar-refractivity contribution in [3.63, 3.8) is 0 Å². The molecule has 2 aromatic carbocycles. The number of hydrogen-bond donors (Lipinski definition) is 1. The number of likely N-dealkylation sites (N-methyl/N-ethyl adjacent to an activating group) is 1. The van der Waals surface area contributed by atoms with Crippen molar-refractivity contribution in [3.8, 4) is 0 Å². The molecule has 0 aromatic heterocycles. The average molecular weight is 457 g/mol. The molecule has 1 saturated heterocycles. The molecule has 2 heterocycles. The summed E-state index contributed by atoms with van der Waals surface area (Å²) in [6.45, 7) is 10.0. The molecule has 4 rings (SSSR count). The number of carbonyl (C=O) groups excluding carboxylic acids is 1. The summed E-state index contributed by atoms with van der Waals surface area (Å²) in [4.78, 5) is 17.7. The lowest BCUT2D eigenvalue weighted by molar-refractivity contribution is 0.102. The molecular weight excluding hydrogens is 424 g/mol. The molecule has 0 saturated carbocycles. The van der Waals surface area contributed by atoms with Gasteiger partial charge in [0.15, 0.2) is 0 Å². The van der Waals surface area contributed by atoms with Crippen molar-refractivity contribution < 1.29 is 13.2 Å². The van der Waals surface area contributed by atoms with E-state index in [2.05, 4.69) is 35.0 Å². The summed E-state index contributed by atoms with van der Waals surface area (Å²) in [7, 11) is -3.32. The first-order chi connectivity index (χ1) is 15.3. The lowest BCUT2D eigenvalue weighted by Gasteiger charge is -2.36. The van der Waals surface area contributed by atoms with Gasteiger partial charge in [0.25, 0.3) is 5.91 Å². The minimum absolute atomic E-state index is 0.187. The Morgan fingerprint density at radius 1 is 1.00 bits per heavy atom. The molecule has 8 heteroatoms. The van der Waals surface area contributed by atoms with Crippen LogP contribution in [0.4, 0.5) is 17.1 Å². The van der Waals surface area contributed by atoms with E-state index in [9.17, 15) is 13.2 Å². The standard InChI is InChI=1S/C24H32N4O3S/c1-4-26-12-14-27(15-13-26)22-10-8-21(16-18(22)2)25-24(29)20-7-9-23-19(17-20)6-5-11-28(23)32(3,30)31/h7-10,16-17H,4-6,11-15H2,1-3H3,(H,25,29). The molecule has 1 amide bonds. The summed E-state index contributed by atoms with van der Waals surface area (Å²) >= 11 is 0. The average Bonchev–Trinajstić information content (AvgIpc) is 2.78. The molecule has 172 valence electrons. The topological polar surface area (TPSA) is 73.0 Å². The smallest absolute Gasteiger partial charge is 0.255 e. The predicted octanol–water partition coefficient (Wildman–Crippen LogP) is 3.10. The first-order valence-corrected chi connectivity index (χ1v) is 13.1. The Hall–Kier alpha value is -2.58. The Bertz CT molecular complexity index is 1110. The second-order valence-corrected chi connectivity index (χ2v) is 10.6. The number of benzene rings is 2. The van der Waals surface area contributed by atoms with Crippen LogP contribution in [0.15, 0.2) is 36.4 Å². The normalized spacial score (nSPS) is 17.2. The highest BCUT2D eigenvalue weighted by molar-refractivity contribution is 7.92. The van der Waals surface area contributed by atoms with E-state index in [1.807, 2.05) is 18.2 Å². The molecule has 2 aromatic rings. The Morgan fingerprint density at radius 3 is 2.38 bits per heavy atom. The van der Waals surface area contributed by atoms with Crippen LogP contribution in [0.3, 0.4) is 0 Å². The highest BCUT2D eigenvalue weighted by Crippen LogP contribution is 2.30. The molecule has 0 radical (unpaired) electrons. The van der Waals surface area contributed by atoms with Crippen molar-refractivity contribution in [3.05, 3.63) is 53.1 Å². The number of sulfonamides is 1. The van der Waals surface area contributed by atoms with Gasteiger partial charge >= 0.3 is 0 Å². The van der Waals surface area contributed by atoms with E-state index in [0.29, 0.717) is 17.8 Å². The first kappa shape index (κ1) is 22.6. The predicted molar refractivity (Wildman–Crippen MR) is 130 cm³/mol. The minimum Gasteiger partial charge on any atom is -0.369 e. The van der Waals surface area contributed by atoms with Gasteiger partial charge in [-0.2, -0.15) is 0 Å². The van der Waals surface area contributed by atoms with Crippen LogP contribution in [0, 0.1) is 6.92 Å². The number of hydrogen-bond acceptors (Lipinski definition) is 5. The Kier molecular flexibility index (Phi) is 6.44. The molecule has 7 nitrogen and oxygen atoms in total. The van der Waals surface area contributed by atoms with E-state index in [4.69, 9.17) is 0 Å². The lowest BCUT2D eigenvalue weighted by Crippen LogP contribution is -2.46. The number of nitrogens with one attached hydrogen (secondary N) is 1. The van der Waals surface area contributed by atoms with Gasteiger partial charge < -0.3 is 15.1 Å². The van der Waals surface area contributed by atoms with Gasteiger partial charge in [-0.05, 0) is 73.8 Å². The van der Waals surface area contributed by atoms with Gasteiger partial charge in [-0.15, -0.1) is 0 Å². The second-order valence-electron chi connectivity index (χ2n) is 8.66. The van der Waals surface area contributed by atoms with E-state index >= 15 is 0 Å². The lowest BCUT2D eigenvalue weighted by atomic mass is 10.0. The van der Waals surface area contributed by atoms with E-state index < -0.39 is 10.0 Å². The van der Waals surface area contributed by atoms with E-state index in [0.717, 1.165) is 62.4 Å². The van der Waals surface area contributed by atoms with E-state index in [1.165, 1.54) is 16.2 Å². The van der Waals surface area contributed by atoms with Gasteiger partial charge in [0.2, 0.25) is 10.0 Å². The molecule has 2 aliphatic heterocycles. The van der Waals surface area contributed by atoms with E-state index in [1.54, 1.807) is 12.1 Å². The zero-order chi connectivity index (χ0) is 22.9. The number of aryl methyl sites for hydroxylation is 2. The maximum absolute atomic E-state index is 12.9. The third-order valence-corrected chi connectivity index (χ3v) is 7.61. The SMILES string of the molecule is CCN1CCN(c2ccc(NC(=O)c3ccc4c(c3)CCCN4S(C)(=O)=O)cc2C)CC1. The molecular formula is C24H32N4O3S. The summed E-state index contributed by atoms with van der Waals surface area (Å²) in [5.41, 5.74) is 5.23. The largest absolute Gasteiger partial charge is 0.369 e. The highest BCUT2D eigenvalue weighted by atomic mass is 32.2. The summed E-state index contributed by atoms with van der Waals surface area (Å²) in [6.07, 6.45) is 2.73. The number of anilines is 3. The van der Waals surface area contributed by atoms with Crippen molar-refractivity contribution in [1.82, 2.24) is 4.90 Å². The van der Waals surface area contributed by atoms with Gasteiger partial charge in [0.1, 0.15) is 0 Å². The molecule has 0 atom stereocenters. The highest BCUT2D eigenvalue weighted by Gasteiger charge is 2.25. The van der Waals surface area contributed by atoms with Crippen LogP contribution in [-0.4, -0.2) is 64.7 Å². The fourth-order valence-electron chi connectivity index (χ4n) is 4.64. The van der Waals surface area contributed by atoms with Crippen LogP contribution in [0.25, 0.3) is 0 Å².